The second-order valence-corrected chi connectivity index (χ2v) is 7.36. The highest BCUT2D eigenvalue weighted by molar-refractivity contribution is 7.91. The molecule has 1 saturated heterocycles. The van der Waals surface area contributed by atoms with Crippen molar-refractivity contribution in [2.24, 2.45) is 0 Å². The Morgan fingerprint density at radius 1 is 1.33 bits per heavy atom. The first kappa shape index (κ1) is 15.8. The first-order valence-corrected chi connectivity index (χ1v) is 8.67. The Labute approximate surface area is 124 Å². The molecule has 1 amide bonds. The molecule has 1 heterocycles. The largest absolute Gasteiger partial charge is 0.484 e. The van der Waals surface area contributed by atoms with Crippen molar-refractivity contribution in [1.82, 2.24) is 10.6 Å². The molecule has 0 saturated carbocycles. The van der Waals surface area contributed by atoms with Gasteiger partial charge >= 0.3 is 0 Å². The maximum Gasteiger partial charge on any atom is 0.258 e. The van der Waals surface area contributed by atoms with Gasteiger partial charge in [-0.2, -0.15) is 0 Å². The highest BCUT2D eigenvalue weighted by Crippen LogP contribution is 2.13. The van der Waals surface area contributed by atoms with Crippen molar-refractivity contribution < 1.29 is 17.9 Å². The van der Waals surface area contributed by atoms with E-state index in [0.29, 0.717) is 12.2 Å². The van der Waals surface area contributed by atoms with Crippen LogP contribution in [0.5, 0.6) is 5.75 Å². The Morgan fingerprint density at radius 3 is 2.62 bits per heavy atom. The fourth-order valence-corrected chi connectivity index (χ4v) is 3.91. The van der Waals surface area contributed by atoms with Crippen molar-refractivity contribution >= 4 is 15.7 Å². The molecule has 0 aromatic heterocycles. The zero-order chi connectivity index (χ0) is 15.3. The van der Waals surface area contributed by atoms with Crippen LogP contribution >= 0.6 is 0 Å². The third-order valence-electron chi connectivity index (χ3n) is 3.27. The third kappa shape index (κ3) is 5.02. The lowest BCUT2D eigenvalue weighted by Gasteiger charge is -2.11. The van der Waals surface area contributed by atoms with E-state index in [1.54, 1.807) is 12.1 Å². The monoisotopic (exact) mass is 312 g/mol. The zero-order valence-corrected chi connectivity index (χ0v) is 12.8. The van der Waals surface area contributed by atoms with Crippen LogP contribution in [0.4, 0.5) is 0 Å². The van der Waals surface area contributed by atoms with Gasteiger partial charge < -0.3 is 15.4 Å². The minimum absolute atomic E-state index is 0.0253. The zero-order valence-electron chi connectivity index (χ0n) is 12.0. The van der Waals surface area contributed by atoms with Crippen LogP contribution in [0.1, 0.15) is 12.0 Å². The van der Waals surface area contributed by atoms with Crippen molar-refractivity contribution in [3.8, 4) is 5.75 Å². The summed E-state index contributed by atoms with van der Waals surface area (Å²) in [6.45, 7) is 0.666. The number of benzene rings is 1. The molecule has 7 heteroatoms. The summed E-state index contributed by atoms with van der Waals surface area (Å²) < 4.78 is 28.0. The molecule has 0 spiro atoms. The van der Waals surface area contributed by atoms with Crippen LogP contribution < -0.4 is 15.4 Å². The SMILES string of the molecule is CNCc1ccc(OCC(=O)NC2CCS(=O)(=O)C2)cc1. The van der Waals surface area contributed by atoms with Crippen LogP contribution in [0.25, 0.3) is 0 Å². The number of nitrogens with one attached hydrogen (secondary N) is 2. The molecule has 1 aliphatic rings. The molecule has 1 aliphatic heterocycles. The quantitative estimate of drug-likeness (QED) is 0.777. The maximum atomic E-state index is 11.7. The van der Waals surface area contributed by atoms with Gasteiger partial charge in [-0.3, -0.25) is 4.79 Å². The topological polar surface area (TPSA) is 84.5 Å². The van der Waals surface area contributed by atoms with E-state index < -0.39 is 9.84 Å². The molecule has 116 valence electrons. The number of hydrogen-bond donors (Lipinski definition) is 2. The Hall–Kier alpha value is -1.60. The second-order valence-electron chi connectivity index (χ2n) is 5.13. The van der Waals surface area contributed by atoms with Gasteiger partial charge in [-0.15, -0.1) is 0 Å². The van der Waals surface area contributed by atoms with Gasteiger partial charge in [0, 0.05) is 12.6 Å². The van der Waals surface area contributed by atoms with Gasteiger partial charge in [-0.05, 0) is 31.2 Å². The lowest BCUT2D eigenvalue weighted by Crippen LogP contribution is -2.38. The standard InChI is InChI=1S/C14H20N2O4S/c1-15-8-11-2-4-13(5-3-11)20-9-14(17)16-12-6-7-21(18,19)10-12/h2-5,12,15H,6-10H2,1H3,(H,16,17). The van der Waals surface area contributed by atoms with E-state index in [-0.39, 0.29) is 30.1 Å². The molecule has 0 bridgehead atoms. The average Bonchev–Trinajstić information content (AvgIpc) is 2.77. The van der Waals surface area contributed by atoms with E-state index in [4.69, 9.17) is 4.74 Å². The molecule has 1 aromatic rings. The van der Waals surface area contributed by atoms with E-state index in [0.717, 1.165) is 12.1 Å². The number of carbonyl (C=O) groups is 1. The fraction of sp³-hybridized carbons (Fsp3) is 0.500. The molecule has 1 aromatic carbocycles. The number of sulfone groups is 1. The van der Waals surface area contributed by atoms with E-state index in [1.807, 2.05) is 19.2 Å². The summed E-state index contributed by atoms with van der Waals surface area (Å²) in [4.78, 5) is 11.7. The van der Waals surface area contributed by atoms with Gasteiger partial charge in [0.2, 0.25) is 0 Å². The highest BCUT2D eigenvalue weighted by Gasteiger charge is 2.28. The van der Waals surface area contributed by atoms with Gasteiger partial charge in [-0.1, -0.05) is 12.1 Å². The van der Waals surface area contributed by atoms with Crippen LogP contribution in [0.15, 0.2) is 24.3 Å². The summed E-state index contributed by atoms with van der Waals surface area (Å²) >= 11 is 0. The highest BCUT2D eigenvalue weighted by atomic mass is 32.2. The van der Waals surface area contributed by atoms with Crippen LogP contribution in [0.2, 0.25) is 0 Å². The summed E-state index contributed by atoms with van der Waals surface area (Å²) in [5, 5.41) is 5.73. The molecule has 1 fully saturated rings. The molecule has 0 aliphatic carbocycles. The van der Waals surface area contributed by atoms with E-state index in [1.165, 1.54) is 0 Å². The number of rotatable bonds is 6. The lowest BCUT2D eigenvalue weighted by molar-refractivity contribution is -0.123. The van der Waals surface area contributed by atoms with Crippen LogP contribution in [0, 0.1) is 0 Å². The Kier molecular flexibility index (Phi) is 5.19. The van der Waals surface area contributed by atoms with Gasteiger partial charge in [0.05, 0.1) is 11.5 Å². The molecule has 2 N–H and O–H groups in total. The minimum Gasteiger partial charge on any atom is -0.484 e. The predicted molar refractivity (Wildman–Crippen MR) is 79.9 cm³/mol. The number of amides is 1. The molecule has 1 atom stereocenters. The molecule has 0 radical (unpaired) electrons. The fourth-order valence-electron chi connectivity index (χ4n) is 2.23. The molecule has 2 rings (SSSR count). The van der Waals surface area contributed by atoms with Gasteiger partial charge in [-0.25, -0.2) is 8.42 Å². The maximum absolute atomic E-state index is 11.7. The summed E-state index contributed by atoms with van der Waals surface area (Å²) in [5.41, 5.74) is 1.13. The summed E-state index contributed by atoms with van der Waals surface area (Å²) in [7, 11) is -1.11. The summed E-state index contributed by atoms with van der Waals surface area (Å²) in [5.74, 6) is 0.490. The number of carbonyl (C=O) groups excluding carboxylic acids is 1. The van der Waals surface area contributed by atoms with Gasteiger partial charge in [0.25, 0.3) is 5.91 Å². The van der Waals surface area contributed by atoms with Gasteiger partial charge in [0.15, 0.2) is 16.4 Å². The smallest absolute Gasteiger partial charge is 0.258 e. The lowest BCUT2D eigenvalue weighted by atomic mass is 10.2. The minimum atomic E-state index is -2.98. The number of hydrogen-bond acceptors (Lipinski definition) is 5. The molecular formula is C14H20N2O4S. The Bertz CT molecular complexity index is 583. The first-order valence-electron chi connectivity index (χ1n) is 6.84. The van der Waals surface area contributed by atoms with E-state index in [2.05, 4.69) is 10.6 Å². The summed E-state index contributed by atoms with van der Waals surface area (Å²) in [6, 6.07) is 7.17. The van der Waals surface area contributed by atoms with Crippen molar-refractivity contribution in [3.63, 3.8) is 0 Å². The van der Waals surface area contributed by atoms with E-state index >= 15 is 0 Å². The predicted octanol–water partition coefficient (Wildman–Crippen LogP) is 0.0881. The average molecular weight is 312 g/mol. The van der Waals surface area contributed by atoms with Crippen LogP contribution in [-0.2, 0) is 21.2 Å². The molecule has 1 unspecified atom stereocenters. The number of ether oxygens (including phenoxy) is 1. The van der Waals surface area contributed by atoms with Crippen LogP contribution in [0.3, 0.4) is 0 Å². The molecule has 21 heavy (non-hydrogen) atoms. The first-order chi connectivity index (χ1) is 9.98. The normalized spacial score (nSPS) is 20.1. The second kappa shape index (κ2) is 6.91. The Balaban J connectivity index is 1.76. The third-order valence-corrected chi connectivity index (χ3v) is 5.04. The molecule has 6 nitrogen and oxygen atoms in total. The Morgan fingerprint density at radius 2 is 2.05 bits per heavy atom. The molecular weight excluding hydrogens is 292 g/mol. The van der Waals surface area contributed by atoms with Crippen molar-refractivity contribution in [1.29, 1.82) is 0 Å². The summed E-state index contributed by atoms with van der Waals surface area (Å²) in [6.07, 6.45) is 0.479. The van der Waals surface area contributed by atoms with Crippen molar-refractivity contribution in [2.45, 2.75) is 19.0 Å². The van der Waals surface area contributed by atoms with E-state index in [9.17, 15) is 13.2 Å². The van der Waals surface area contributed by atoms with Crippen molar-refractivity contribution in [2.75, 3.05) is 25.2 Å². The van der Waals surface area contributed by atoms with Crippen molar-refractivity contribution in [3.05, 3.63) is 29.8 Å². The van der Waals surface area contributed by atoms with Crippen LogP contribution in [-0.4, -0.2) is 45.5 Å². The van der Waals surface area contributed by atoms with Gasteiger partial charge in [0.1, 0.15) is 5.75 Å².